The molecule has 0 aromatic rings. The van der Waals surface area contributed by atoms with E-state index in [1.807, 2.05) is 39.4 Å². The number of carbonyl (C=O) groups is 1. The largest absolute Gasteiger partial charge is 0.492 e. The van der Waals surface area contributed by atoms with Crippen molar-refractivity contribution in [2.75, 3.05) is 47.5 Å². The lowest BCUT2D eigenvalue weighted by molar-refractivity contribution is -0.870. The fraction of sp³-hybridized carbons (Fsp3) is 0.848. The number of quaternary nitrogens is 1. The molecule has 7 atom stereocenters. The molecule has 1 fully saturated rings. The number of esters is 1. The van der Waals surface area contributed by atoms with Crippen molar-refractivity contribution in [1.82, 2.24) is 0 Å². The molecule has 2 unspecified atom stereocenters. The minimum absolute atomic E-state index is 0.0461. The molecule has 1 heterocycles. The van der Waals surface area contributed by atoms with E-state index < -0.39 is 44.5 Å². The monoisotopic (exact) mass is 861 g/mol. The molecule has 13 heteroatoms. The molecule has 12 nitrogen and oxygen atoms in total. The van der Waals surface area contributed by atoms with Crippen LogP contribution in [-0.2, 0) is 32.6 Å². The summed E-state index contributed by atoms with van der Waals surface area (Å²) in [5, 5.41) is 31.0. The van der Waals surface area contributed by atoms with Gasteiger partial charge >= 0.3 is 13.8 Å². The average molecular weight is 861 g/mol. The normalized spacial score (nSPS) is 21.0. The first-order chi connectivity index (χ1) is 28.3. The number of likely N-dealkylation sites (N-methyl/N-ethyl adjacent to an activating group) is 1. The van der Waals surface area contributed by atoms with E-state index in [0.717, 1.165) is 38.5 Å². The number of allylic oxidation sites excluding steroid dienone is 3. The van der Waals surface area contributed by atoms with E-state index in [4.69, 9.17) is 23.3 Å². The fourth-order valence-corrected chi connectivity index (χ4v) is 7.55. The summed E-state index contributed by atoms with van der Waals surface area (Å²) in [6, 6.07) is 0. The smallest absolute Gasteiger partial charge is 0.472 e. The Labute approximate surface area is 359 Å². The molecule has 0 aliphatic carbocycles. The van der Waals surface area contributed by atoms with Crippen LogP contribution in [0.15, 0.2) is 36.6 Å². The van der Waals surface area contributed by atoms with Crippen molar-refractivity contribution in [3.05, 3.63) is 36.6 Å². The van der Waals surface area contributed by atoms with Crippen LogP contribution >= 0.6 is 7.82 Å². The highest BCUT2D eigenvalue weighted by molar-refractivity contribution is 7.47. The predicted octanol–water partition coefficient (Wildman–Crippen LogP) is 9.84. The lowest BCUT2D eigenvalue weighted by Crippen LogP contribution is -2.43. The summed E-state index contributed by atoms with van der Waals surface area (Å²) in [6.45, 7) is 4.50. The Balaban J connectivity index is 2.48. The maximum atomic E-state index is 12.6. The van der Waals surface area contributed by atoms with Crippen LogP contribution in [0.4, 0.5) is 0 Å². The van der Waals surface area contributed by atoms with Crippen LogP contribution in [0.3, 0.4) is 0 Å². The molecular formula is C46H87NO11P+. The average Bonchev–Trinajstić information content (AvgIpc) is 3.17. The second-order valence-electron chi connectivity index (χ2n) is 17.4. The highest BCUT2D eigenvalue weighted by Gasteiger charge is 2.35. The van der Waals surface area contributed by atoms with Crippen molar-refractivity contribution in [1.29, 1.82) is 0 Å². The summed E-state index contributed by atoms with van der Waals surface area (Å²) in [7, 11) is 1.53. The third kappa shape index (κ3) is 32.7. The van der Waals surface area contributed by atoms with Gasteiger partial charge in [0.05, 0.1) is 52.3 Å². The number of aliphatic hydroxyl groups excluding tert-OH is 3. The van der Waals surface area contributed by atoms with Crippen LogP contribution in [-0.4, -0.2) is 109 Å². The van der Waals surface area contributed by atoms with Gasteiger partial charge in [-0.25, -0.2) is 4.57 Å². The quantitative estimate of drug-likeness (QED) is 0.0117. The number of phosphoric acid groups is 1. The maximum Gasteiger partial charge on any atom is 0.472 e. The fourth-order valence-electron chi connectivity index (χ4n) is 6.81. The van der Waals surface area contributed by atoms with E-state index in [-0.39, 0.29) is 38.6 Å². The van der Waals surface area contributed by atoms with Crippen LogP contribution in [0.1, 0.15) is 168 Å². The van der Waals surface area contributed by atoms with Gasteiger partial charge in [-0.2, -0.15) is 0 Å². The molecule has 0 saturated carbocycles. The number of carbonyl (C=O) groups excluding carboxylic acids is 1. The van der Waals surface area contributed by atoms with E-state index in [0.29, 0.717) is 36.7 Å². The number of rotatable bonds is 38. The summed E-state index contributed by atoms with van der Waals surface area (Å²) >= 11 is 0. The topological polar surface area (TPSA) is 161 Å². The van der Waals surface area contributed by atoms with Gasteiger partial charge in [0.15, 0.2) is 12.4 Å². The molecule has 0 aromatic carbocycles. The SMILES string of the molecule is CCCCCCCCCCCCCCCC/C=C\O[C@H](COC(=O)CCC/C=C\C[C@H]1[C@@H](O)CC(O)O[C@@H]1/C=C/[C@@H](O)CCCCC)COP(=O)(O)OCC[N+](C)(C)C. The zero-order chi connectivity index (χ0) is 43.6. The summed E-state index contributed by atoms with van der Waals surface area (Å²) in [5.41, 5.74) is 0. The Kier molecular flexibility index (Phi) is 32.8. The van der Waals surface area contributed by atoms with Crippen LogP contribution in [0.2, 0.25) is 0 Å². The minimum atomic E-state index is -4.33. The number of unbranched alkanes of at least 4 members (excludes halogenated alkanes) is 17. The highest BCUT2D eigenvalue weighted by atomic mass is 31.2. The van der Waals surface area contributed by atoms with Crippen LogP contribution in [0.25, 0.3) is 0 Å². The summed E-state index contributed by atoms with van der Waals surface area (Å²) in [5.74, 6) is -0.694. The molecule has 346 valence electrons. The van der Waals surface area contributed by atoms with Gasteiger partial charge in [-0.1, -0.05) is 141 Å². The van der Waals surface area contributed by atoms with Crippen molar-refractivity contribution in [2.24, 2.45) is 5.92 Å². The van der Waals surface area contributed by atoms with E-state index in [1.165, 1.54) is 77.0 Å². The van der Waals surface area contributed by atoms with E-state index in [9.17, 15) is 29.6 Å². The first-order valence-electron chi connectivity index (χ1n) is 23.2. The molecule has 1 saturated heterocycles. The second kappa shape index (κ2) is 34.9. The lowest BCUT2D eigenvalue weighted by atomic mass is 9.87. The molecule has 59 heavy (non-hydrogen) atoms. The van der Waals surface area contributed by atoms with Gasteiger partial charge in [0.25, 0.3) is 0 Å². The van der Waals surface area contributed by atoms with E-state index >= 15 is 0 Å². The first kappa shape index (κ1) is 55.4. The highest BCUT2D eigenvalue weighted by Crippen LogP contribution is 2.43. The second-order valence-corrected chi connectivity index (χ2v) is 18.8. The third-order valence-electron chi connectivity index (χ3n) is 10.6. The first-order valence-corrected chi connectivity index (χ1v) is 24.7. The van der Waals surface area contributed by atoms with Crippen molar-refractivity contribution >= 4 is 13.8 Å². The zero-order valence-corrected chi connectivity index (χ0v) is 38.7. The van der Waals surface area contributed by atoms with E-state index in [1.54, 1.807) is 18.4 Å². The van der Waals surface area contributed by atoms with Gasteiger partial charge in [-0.3, -0.25) is 13.8 Å². The van der Waals surface area contributed by atoms with Gasteiger partial charge in [-0.15, -0.1) is 0 Å². The van der Waals surface area contributed by atoms with Gasteiger partial charge in [0.1, 0.15) is 19.8 Å². The number of aliphatic hydroxyl groups is 3. The molecular weight excluding hydrogens is 773 g/mol. The van der Waals surface area contributed by atoms with Crippen LogP contribution in [0.5, 0.6) is 0 Å². The number of phosphoric ester groups is 1. The molecule has 4 N–H and O–H groups in total. The summed E-state index contributed by atoms with van der Waals surface area (Å²) < 4.78 is 40.4. The van der Waals surface area contributed by atoms with Gasteiger partial charge in [-0.05, 0) is 44.6 Å². The zero-order valence-electron chi connectivity index (χ0n) is 37.8. The summed E-state index contributed by atoms with van der Waals surface area (Å²) in [6.07, 6.45) is 31.8. The van der Waals surface area contributed by atoms with Crippen LogP contribution < -0.4 is 0 Å². The lowest BCUT2D eigenvalue weighted by Gasteiger charge is -2.36. The van der Waals surface area contributed by atoms with Crippen molar-refractivity contribution in [2.45, 2.75) is 199 Å². The Morgan fingerprint density at radius 3 is 2.02 bits per heavy atom. The molecule has 1 aliphatic heterocycles. The molecule has 0 radical (unpaired) electrons. The number of nitrogens with zero attached hydrogens (tertiary/aromatic N) is 1. The molecule has 0 bridgehead atoms. The molecule has 0 spiro atoms. The summed E-state index contributed by atoms with van der Waals surface area (Å²) in [4.78, 5) is 22.9. The Bertz CT molecular complexity index is 1160. The minimum Gasteiger partial charge on any atom is -0.492 e. The van der Waals surface area contributed by atoms with Crippen LogP contribution in [0, 0.1) is 5.92 Å². The number of ether oxygens (including phenoxy) is 3. The van der Waals surface area contributed by atoms with Crippen molar-refractivity contribution in [3.63, 3.8) is 0 Å². The predicted molar refractivity (Wildman–Crippen MR) is 236 cm³/mol. The molecule has 1 aliphatic rings. The maximum absolute atomic E-state index is 12.6. The number of hydrogen-bond donors (Lipinski definition) is 4. The Morgan fingerprint density at radius 1 is 0.797 bits per heavy atom. The number of hydrogen-bond acceptors (Lipinski definition) is 10. The molecule has 0 aromatic heterocycles. The van der Waals surface area contributed by atoms with Crippen molar-refractivity contribution < 1.29 is 57.3 Å². The van der Waals surface area contributed by atoms with Gasteiger partial charge < -0.3 is 38.9 Å². The Morgan fingerprint density at radius 2 is 1.39 bits per heavy atom. The molecule has 1 rings (SSSR count). The van der Waals surface area contributed by atoms with Gasteiger partial charge in [0, 0.05) is 18.8 Å². The Hall–Kier alpha value is -1.60. The molecule has 0 amide bonds. The van der Waals surface area contributed by atoms with E-state index in [2.05, 4.69) is 13.8 Å². The standard InChI is InChI=1S/C46H86NO11P/c1-6-8-10-11-12-13-14-15-16-17-18-19-20-21-24-28-35-54-41(39-57-59(52,53)56-36-34-47(3,4)5)38-55-45(50)31-27-23-22-26-30-42-43(49)37-46(51)58-44(42)33-32-40(48)29-25-9-7-2/h22,26,28,32-33,35,40-44,46,48-49,51H,6-21,23-25,27,29-31,34,36-39H2,1-5H3/p+1/b26-22-,33-32+,35-28-/t40-,41+,42-,43-,44+,46?/m0/s1. The van der Waals surface area contributed by atoms with Gasteiger partial charge in [0.2, 0.25) is 0 Å². The third-order valence-corrected chi connectivity index (χ3v) is 11.6. The van der Waals surface area contributed by atoms with Crippen molar-refractivity contribution in [3.8, 4) is 0 Å².